The number of benzene rings is 1. The molecule has 0 aliphatic carbocycles. The number of thiophene rings is 1. The molecule has 2 aromatic rings. The first-order valence-electron chi connectivity index (χ1n) is 8.95. The predicted octanol–water partition coefficient (Wildman–Crippen LogP) is 3.28. The predicted molar refractivity (Wildman–Crippen MR) is 110 cm³/mol. The highest BCUT2D eigenvalue weighted by Gasteiger charge is 2.66. The summed E-state index contributed by atoms with van der Waals surface area (Å²) in [6.45, 7) is 0. The van der Waals surface area contributed by atoms with Gasteiger partial charge in [0.25, 0.3) is 0 Å². The zero-order valence-corrected chi connectivity index (χ0v) is 17.7. The van der Waals surface area contributed by atoms with Gasteiger partial charge in [0.1, 0.15) is 5.82 Å². The second-order valence-electron chi connectivity index (χ2n) is 6.85. The summed E-state index contributed by atoms with van der Waals surface area (Å²) in [6, 6.07) is 8.78. The molecule has 0 saturated carbocycles. The first-order valence-corrected chi connectivity index (χ1v) is 10.8. The van der Waals surface area contributed by atoms with Crippen molar-refractivity contribution >= 4 is 34.8 Å². The molecule has 0 unspecified atom stereocenters. The van der Waals surface area contributed by atoms with E-state index in [9.17, 15) is 37.5 Å². The fraction of sp³-hybridized carbons (Fsp3) is 0.250. The normalized spacial score (nSPS) is 23.4. The molecule has 0 radical (unpaired) electrons. The lowest BCUT2D eigenvalue weighted by molar-refractivity contribution is -0.285. The van der Waals surface area contributed by atoms with Crippen LogP contribution >= 0.6 is 23.1 Å². The summed E-state index contributed by atoms with van der Waals surface area (Å²) in [5.41, 5.74) is 0.995. The van der Waals surface area contributed by atoms with E-state index in [2.05, 4.69) is 0 Å². The summed E-state index contributed by atoms with van der Waals surface area (Å²) >= 11 is 1.38. The minimum Gasteiger partial charge on any atom is -0.369 e. The number of hydrogen-bond donors (Lipinski definition) is 3. The van der Waals surface area contributed by atoms with Crippen LogP contribution in [-0.2, 0) is 4.79 Å². The molecule has 168 valence electrons. The third kappa shape index (κ3) is 4.36. The molecule has 2 heterocycles. The molecule has 32 heavy (non-hydrogen) atoms. The molecular weight excluding hydrogens is 470 g/mol. The number of rotatable bonds is 6. The molecule has 1 aromatic carbocycles. The third-order valence-corrected chi connectivity index (χ3v) is 6.75. The molecule has 1 amide bonds. The fourth-order valence-electron chi connectivity index (χ4n) is 3.43. The average molecular weight is 485 g/mol. The van der Waals surface area contributed by atoms with Crippen LogP contribution in [0.3, 0.4) is 0 Å². The van der Waals surface area contributed by atoms with Crippen molar-refractivity contribution < 1.29 is 32.3 Å². The molecule has 12 heteroatoms. The summed E-state index contributed by atoms with van der Waals surface area (Å²) in [5.74, 6) is -6.87. The molecule has 0 spiro atoms. The Kier molecular flexibility index (Phi) is 6.64. The molecule has 6 nitrogen and oxygen atoms in total. The number of carbonyl (C=O) groups excluding carboxylic acids is 2. The Morgan fingerprint density at radius 3 is 2.44 bits per heavy atom. The number of primary amides is 1. The SMILES string of the molecule is N#CC1=C(SCC(N)=O)N[C@](O)(C(F)(F)F)[C@H](C(=O)c2cccs2)[C@@H]1c1ccc(F)cc1. The summed E-state index contributed by atoms with van der Waals surface area (Å²) in [7, 11) is 0. The van der Waals surface area contributed by atoms with Crippen molar-refractivity contribution in [3.8, 4) is 6.07 Å². The Morgan fingerprint density at radius 1 is 1.28 bits per heavy atom. The number of allylic oxidation sites excluding steroid dienone is 1. The van der Waals surface area contributed by atoms with E-state index in [1.54, 1.807) is 6.07 Å². The summed E-state index contributed by atoms with van der Waals surface area (Å²) in [6.07, 6.45) is -5.36. The van der Waals surface area contributed by atoms with E-state index in [0.717, 1.165) is 35.6 Å². The van der Waals surface area contributed by atoms with Gasteiger partial charge < -0.3 is 16.2 Å². The van der Waals surface area contributed by atoms with E-state index in [0.29, 0.717) is 11.8 Å². The van der Waals surface area contributed by atoms with Gasteiger partial charge in [-0.1, -0.05) is 30.0 Å². The maximum absolute atomic E-state index is 14.2. The first kappa shape index (κ1) is 23.8. The minimum atomic E-state index is -5.36. The van der Waals surface area contributed by atoms with Gasteiger partial charge in [0, 0.05) is 5.92 Å². The smallest absolute Gasteiger partial charge is 0.369 e. The van der Waals surface area contributed by atoms with Gasteiger partial charge in [0.05, 0.1) is 33.2 Å². The van der Waals surface area contributed by atoms with Gasteiger partial charge in [-0.2, -0.15) is 18.4 Å². The second kappa shape index (κ2) is 8.93. The lowest BCUT2D eigenvalue weighted by Gasteiger charge is -2.45. The number of halogens is 4. The number of thioether (sulfide) groups is 1. The van der Waals surface area contributed by atoms with E-state index in [-0.39, 0.29) is 16.0 Å². The van der Waals surface area contributed by atoms with Crippen LogP contribution in [0, 0.1) is 23.1 Å². The quantitative estimate of drug-likeness (QED) is 0.427. The highest BCUT2D eigenvalue weighted by molar-refractivity contribution is 8.03. The number of amides is 1. The van der Waals surface area contributed by atoms with Crippen molar-refractivity contribution in [2.75, 3.05) is 5.75 Å². The number of aliphatic hydroxyl groups is 1. The first-order chi connectivity index (χ1) is 15.0. The zero-order valence-electron chi connectivity index (χ0n) is 16.0. The van der Waals surface area contributed by atoms with Crippen LogP contribution in [0.4, 0.5) is 17.6 Å². The molecule has 1 aliphatic rings. The van der Waals surface area contributed by atoms with Crippen LogP contribution in [0.5, 0.6) is 0 Å². The lowest BCUT2D eigenvalue weighted by atomic mass is 9.70. The Labute approximate surface area is 187 Å². The van der Waals surface area contributed by atoms with Gasteiger partial charge in [-0.25, -0.2) is 4.39 Å². The van der Waals surface area contributed by atoms with Gasteiger partial charge >= 0.3 is 6.18 Å². The largest absolute Gasteiger partial charge is 0.437 e. The van der Waals surface area contributed by atoms with Crippen molar-refractivity contribution in [3.05, 3.63) is 68.6 Å². The topological polar surface area (TPSA) is 116 Å². The molecule has 3 atom stereocenters. The third-order valence-electron chi connectivity index (χ3n) is 4.83. The molecule has 0 bridgehead atoms. The zero-order chi connectivity index (χ0) is 23.7. The van der Waals surface area contributed by atoms with Crippen molar-refractivity contribution in [1.82, 2.24) is 5.32 Å². The van der Waals surface area contributed by atoms with Crippen molar-refractivity contribution in [2.24, 2.45) is 11.7 Å². The van der Waals surface area contributed by atoms with Gasteiger partial charge in [0.15, 0.2) is 5.78 Å². The van der Waals surface area contributed by atoms with Crippen molar-refractivity contribution in [2.45, 2.75) is 17.8 Å². The number of nitrogens with two attached hydrogens (primary N) is 1. The van der Waals surface area contributed by atoms with E-state index in [4.69, 9.17) is 5.73 Å². The monoisotopic (exact) mass is 485 g/mol. The van der Waals surface area contributed by atoms with Crippen LogP contribution in [0.15, 0.2) is 52.4 Å². The number of Topliss-reactive ketones (excluding diaryl/α,β-unsaturated/α-hetero) is 1. The summed E-state index contributed by atoms with van der Waals surface area (Å²) in [4.78, 5) is 24.4. The Morgan fingerprint density at radius 2 is 1.94 bits per heavy atom. The number of alkyl halides is 3. The van der Waals surface area contributed by atoms with Crippen molar-refractivity contribution in [1.29, 1.82) is 5.26 Å². The number of nitrogens with one attached hydrogen (secondary N) is 1. The highest BCUT2D eigenvalue weighted by Crippen LogP contribution is 2.51. The number of hydrogen-bond acceptors (Lipinski definition) is 7. The van der Waals surface area contributed by atoms with E-state index in [1.165, 1.54) is 17.5 Å². The maximum Gasteiger partial charge on any atom is 0.437 e. The number of nitriles is 1. The Hall–Kier alpha value is -2.88. The van der Waals surface area contributed by atoms with E-state index < -0.39 is 52.0 Å². The molecule has 4 N–H and O–H groups in total. The van der Waals surface area contributed by atoms with Gasteiger partial charge in [-0.05, 0) is 29.1 Å². The maximum atomic E-state index is 14.2. The molecule has 0 saturated heterocycles. The van der Waals surface area contributed by atoms with E-state index >= 15 is 0 Å². The molecule has 1 aliphatic heterocycles. The van der Waals surface area contributed by atoms with Crippen LogP contribution in [0.1, 0.15) is 21.2 Å². The van der Waals surface area contributed by atoms with Gasteiger partial charge in [0.2, 0.25) is 11.6 Å². The standard InChI is InChI=1S/C20H15F4N3O3S2/c21-11-5-3-10(4-6-11)15-12(8-25)18(32-9-14(26)28)27-19(30,20(22,23)24)16(15)17(29)13-2-1-7-31-13/h1-7,15-16,27,30H,9H2,(H2,26,28)/t15-,16+,19-/m1/s1. The van der Waals surface area contributed by atoms with Crippen LogP contribution < -0.4 is 11.1 Å². The Balaban J connectivity index is 2.29. The minimum absolute atomic E-state index is 0.0132. The number of nitrogens with zero attached hydrogens (tertiary/aromatic N) is 1. The lowest BCUT2D eigenvalue weighted by Crippen LogP contribution is -2.66. The van der Waals surface area contributed by atoms with Gasteiger partial charge in [-0.15, -0.1) is 11.3 Å². The number of ketones is 1. The molecule has 3 rings (SSSR count). The average Bonchev–Trinajstić information content (AvgIpc) is 3.26. The Bertz CT molecular complexity index is 1090. The molecule has 0 fully saturated rings. The molecule has 1 aromatic heterocycles. The number of carbonyl (C=O) groups is 2. The summed E-state index contributed by atoms with van der Waals surface area (Å²) in [5, 5.41) is 23.6. The van der Waals surface area contributed by atoms with E-state index in [1.807, 2.05) is 5.32 Å². The highest BCUT2D eigenvalue weighted by atomic mass is 32.2. The molecular formula is C20H15F4N3O3S2. The fourth-order valence-corrected chi connectivity index (χ4v) is 4.98. The van der Waals surface area contributed by atoms with Crippen LogP contribution in [0.2, 0.25) is 0 Å². The van der Waals surface area contributed by atoms with Gasteiger partial charge in [-0.3, -0.25) is 9.59 Å². The van der Waals surface area contributed by atoms with Crippen LogP contribution in [0.25, 0.3) is 0 Å². The van der Waals surface area contributed by atoms with Crippen molar-refractivity contribution in [3.63, 3.8) is 0 Å². The summed E-state index contributed by atoms with van der Waals surface area (Å²) < 4.78 is 56.1. The van der Waals surface area contributed by atoms with Crippen LogP contribution in [-0.4, -0.2) is 34.5 Å². The second-order valence-corrected chi connectivity index (χ2v) is 8.78.